The third-order valence-electron chi connectivity index (χ3n) is 4.10. The molecule has 3 rings (SSSR count). The van der Waals surface area contributed by atoms with E-state index in [0.29, 0.717) is 6.61 Å². The third kappa shape index (κ3) is 3.31. The van der Waals surface area contributed by atoms with Gasteiger partial charge in [-0.1, -0.05) is 30.3 Å². The number of amides is 1. The Morgan fingerprint density at radius 2 is 1.80 bits per heavy atom. The molecule has 1 aliphatic heterocycles. The molecule has 0 aliphatic carbocycles. The van der Waals surface area contributed by atoms with Gasteiger partial charge in [-0.2, -0.15) is 0 Å². The molecule has 25 heavy (non-hydrogen) atoms. The number of anilines is 1. The first-order valence-electron chi connectivity index (χ1n) is 8.51. The van der Waals surface area contributed by atoms with E-state index in [4.69, 9.17) is 9.47 Å². The Kier molecular flexibility index (Phi) is 4.41. The second-order valence-electron chi connectivity index (χ2n) is 7.10. The van der Waals surface area contributed by atoms with Crippen LogP contribution in [0.5, 0.6) is 0 Å². The van der Waals surface area contributed by atoms with Gasteiger partial charge in [-0.3, -0.25) is 9.69 Å². The highest BCUT2D eigenvalue weighted by atomic mass is 16.6. The van der Waals surface area contributed by atoms with Crippen molar-refractivity contribution in [3.8, 4) is 0 Å². The molecule has 0 unspecified atom stereocenters. The summed E-state index contributed by atoms with van der Waals surface area (Å²) in [6, 6.07) is 11.3. The molecule has 5 nitrogen and oxygen atoms in total. The topological polar surface area (TPSA) is 55.8 Å². The van der Waals surface area contributed by atoms with Gasteiger partial charge in [0, 0.05) is 5.39 Å². The van der Waals surface area contributed by atoms with Crippen LogP contribution in [0.2, 0.25) is 0 Å². The van der Waals surface area contributed by atoms with Crippen LogP contribution in [0.25, 0.3) is 10.8 Å². The molecule has 0 fully saturated rings. The highest BCUT2D eigenvalue weighted by molar-refractivity contribution is 6.08. The largest absolute Gasteiger partial charge is 0.466 e. The zero-order valence-corrected chi connectivity index (χ0v) is 15.0. The summed E-state index contributed by atoms with van der Waals surface area (Å²) in [6.07, 6.45) is -0.355. The first-order valence-corrected chi connectivity index (χ1v) is 8.51. The molecule has 0 saturated heterocycles. The van der Waals surface area contributed by atoms with Crippen LogP contribution in [-0.2, 0) is 14.3 Å². The molecule has 2 aromatic rings. The molecule has 0 spiro atoms. The fraction of sp³-hybridized carbons (Fsp3) is 0.400. The van der Waals surface area contributed by atoms with Gasteiger partial charge in [0.15, 0.2) is 0 Å². The van der Waals surface area contributed by atoms with E-state index in [1.165, 1.54) is 0 Å². The summed E-state index contributed by atoms with van der Waals surface area (Å²) in [5.41, 5.74) is 1.11. The normalized spacial score (nSPS) is 16.2. The zero-order valence-electron chi connectivity index (χ0n) is 15.0. The van der Waals surface area contributed by atoms with Gasteiger partial charge in [-0.05, 0) is 44.7 Å². The molecule has 0 aromatic heterocycles. The number of hydrogen-bond donors (Lipinski definition) is 0. The fourth-order valence-corrected chi connectivity index (χ4v) is 3.25. The Hall–Kier alpha value is -2.56. The minimum Gasteiger partial charge on any atom is -0.466 e. The first kappa shape index (κ1) is 17.3. The molecule has 2 aromatic carbocycles. The smallest absolute Gasteiger partial charge is 0.415 e. The summed E-state index contributed by atoms with van der Waals surface area (Å²) in [4.78, 5) is 26.6. The van der Waals surface area contributed by atoms with Gasteiger partial charge in [0.2, 0.25) is 0 Å². The molecule has 1 atom stereocenters. The van der Waals surface area contributed by atoms with Crippen molar-refractivity contribution < 1.29 is 19.1 Å². The number of benzene rings is 2. The van der Waals surface area contributed by atoms with Crippen LogP contribution in [0, 0.1) is 0 Å². The van der Waals surface area contributed by atoms with Crippen LogP contribution >= 0.6 is 0 Å². The molecular weight excluding hydrogens is 318 g/mol. The van der Waals surface area contributed by atoms with Crippen LogP contribution in [-0.4, -0.2) is 24.3 Å². The molecule has 1 aliphatic rings. The Balaban J connectivity index is 2.06. The van der Waals surface area contributed by atoms with Gasteiger partial charge in [0.1, 0.15) is 5.60 Å². The van der Waals surface area contributed by atoms with Crippen molar-refractivity contribution in [1.82, 2.24) is 0 Å². The van der Waals surface area contributed by atoms with Crippen molar-refractivity contribution in [3.63, 3.8) is 0 Å². The molecule has 0 saturated carbocycles. The number of rotatable bonds is 3. The second-order valence-corrected chi connectivity index (χ2v) is 7.10. The summed E-state index contributed by atoms with van der Waals surface area (Å²) < 4.78 is 10.7. The number of ether oxygens (including phenoxy) is 2. The van der Waals surface area contributed by atoms with Crippen molar-refractivity contribution in [2.75, 3.05) is 11.5 Å². The van der Waals surface area contributed by atoms with E-state index in [-0.39, 0.29) is 12.4 Å². The second kappa shape index (κ2) is 6.39. The highest BCUT2D eigenvalue weighted by Gasteiger charge is 2.39. The standard InChI is InChI=1S/C20H23NO4/c1-5-24-17(22)12-16-14-10-6-8-13-9-7-11-15(18(13)14)21(16)19(23)25-20(2,3)4/h6-11,16H,5,12H2,1-4H3/t16-/m0/s1. The summed E-state index contributed by atoms with van der Waals surface area (Å²) in [7, 11) is 0. The first-order chi connectivity index (χ1) is 11.8. The van der Waals surface area contributed by atoms with E-state index in [2.05, 4.69) is 0 Å². The van der Waals surface area contributed by atoms with Crippen LogP contribution < -0.4 is 4.90 Å². The SMILES string of the molecule is CCOC(=O)C[C@H]1c2cccc3cccc(c23)N1C(=O)OC(C)(C)C. The molecule has 1 heterocycles. The maximum absolute atomic E-state index is 12.9. The fourth-order valence-electron chi connectivity index (χ4n) is 3.25. The molecule has 132 valence electrons. The molecule has 0 N–H and O–H groups in total. The van der Waals surface area contributed by atoms with E-state index >= 15 is 0 Å². The minimum absolute atomic E-state index is 0.0981. The van der Waals surface area contributed by atoms with Gasteiger partial charge < -0.3 is 9.47 Å². The van der Waals surface area contributed by atoms with E-state index in [1.54, 1.807) is 11.8 Å². The highest BCUT2D eigenvalue weighted by Crippen LogP contribution is 2.46. The Bertz CT molecular complexity index is 817. The van der Waals surface area contributed by atoms with Gasteiger partial charge in [-0.15, -0.1) is 0 Å². The number of nitrogens with zero attached hydrogens (tertiary/aromatic N) is 1. The Labute approximate surface area is 147 Å². The van der Waals surface area contributed by atoms with Crippen molar-refractivity contribution in [2.45, 2.75) is 45.8 Å². The molecule has 0 bridgehead atoms. The number of hydrogen-bond acceptors (Lipinski definition) is 4. The molecule has 0 radical (unpaired) electrons. The lowest BCUT2D eigenvalue weighted by atomic mass is 10.0. The van der Waals surface area contributed by atoms with E-state index in [1.807, 2.05) is 57.2 Å². The van der Waals surface area contributed by atoms with Crippen LogP contribution in [0.4, 0.5) is 10.5 Å². The molecule has 1 amide bonds. The maximum atomic E-state index is 12.9. The van der Waals surface area contributed by atoms with Gasteiger partial charge >= 0.3 is 12.1 Å². The lowest BCUT2D eigenvalue weighted by Gasteiger charge is -2.29. The summed E-state index contributed by atoms with van der Waals surface area (Å²) in [5, 5.41) is 2.03. The maximum Gasteiger partial charge on any atom is 0.415 e. The average molecular weight is 341 g/mol. The predicted octanol–water partition coefficient (Wildman–Crippen LogP) is 4.59. The minimum atomic E-state index is -0.617. The summed E-state index contributed by atoms with van der Waals surface area (Å²) in [6.45, 7) is 7.57. The summed E-state index contributed by atoms with van der Waals surface area (Å²) in [5.74, 6) is -0.328. The number of carbonyl (C=O) groups excluding carboxylic acids is 2. The Morgan fingerprint density at radius 3 is 2.44 bits per heavy atom. The van der Waals surface area contributed by atoms with Crippen molar-refractivity contribution >= 4 is 28.5 Å². The van der Waals surface area contributed by atoms with Crippen LogP contribution in [0.1, 0.15) is 45.7 Å². The molecule has 5 heteroatoms. The number of esters is 1. The van der Waals surface area contributed by atoms with Gasteiger partial charge in [-0.25, -0.2) is 4.79 Å². The van der Waals surface area contributed by atoms with Crippen LogP contribution in [0.3, 0.4) is 0 Å². The van der Waals surface area contributed by atoms with Gasteiger partial charge in [0.25, 0.3) is 0 Å². The quantitative estimate of drug-likeness (QED) is 0.766. The van der Waals surface area contributed by atoms with Crippen LogP contribution in [0.15, 0.2) is 36.4 Å². The monoisotopic (exact) mass is 341 g/mol. The Morgan fingerprint density at radius 1 is 1.12 bits per heavy atom. The lowest BCUT2D eigenvalue weighted by Crippen LogP contribution is -2.38. The summed E-state index contributed by atoms with van der Waals surface area (Å²) >= 11 is 0. The zero-order chi connectivity index (χ0) is 18.2. The van der Waals surface area contributed by atoms with Crippen molar-refractivity contribution in [1.29, 1.82) is 0 Å². The third-order valence-corrected chi connectivity index (χ3v) is 4.10. The van der Waals surface area contributed by atoms with E-state index in [9.17, 15) is 9.59 Å². The van der Waals surface area contributed by atoms with Crippen molar-refractivity contribution in [3.05, 3.63) is 42.0 Å². The van der Waals surface area contributed by atoms with E-state index in [0.717, 1.165) is 22.0 Å². The lowest BCUT2D eigenvalue weighted by molar-refractivity contribution is -0.143. The molecular formula is C20H23NO4. The van der Waals surface area contributed by atoms with E-state index < -0.39 is 17.7 Å². The van der Waals surface area contributed by atoms with Gasteiger partial charge in [0.05, 0.1) is 24.8 Å². The number of carbonyl (C=O) groups is 2. The van der Waals surface area contributed by atoms with Crippen molar-refractivity contribution in [2.24, 2.45) is 0 Å². The predicted molar refractivity (Wildman–Crippen MR) is 96.7 cm³/mol. The average Bonchev–Trinajstić information content (AvgIpc) is 2.82.